The van der Waals surface area contributed by atoms with Crippen molar-refractivity contribution in [2.45, 2.75) is 26.2 Å². The molecule has 0 saturated heterocycles. The molecule has 0 aromatic heterocycles. The van der Waals surface area contributed by atoms with Gasteiger partial charge in [-0.2, -0.15) is 0 Å². The molecule has 0 atom stereocenters. The first-order chi connectivity index (χ1) is 8.45. The molecule has 1 aromatic rings. The van der Waals surface area contributed by atoms with E-state index in [4.69, 9.17) is 10.5 Å². The number of nitrogens with two attached hydrogens (primary N) is 1. The highest BCUT2D eigenvalue weighted by molar-refractivity contribution is 5.92. The highest BCUT2D eigenvalue weighted by Crippen LogP contribution is 2.29. The van der Waals surface area contributed by atoms with E-state index in [1.165, 1.54) is 0 Å². The fourth-order valence-electron chi connectivity index (χ4n) is 1.68. The molecule has 0 aliphatic rings. The number of hydrogen-bond donors (Lipinski definition) is 2. The van der Waals surface area contributed by atoms with Crippen molar-refractivity contribution in [1.82, 2.24) is 0 Å². The Labute approximate surface area is 109 Å². The molecule has 1 amide bonds. The summed E-state index contributed by atoms with van der Waals surface area (Å²) in [5.74, 6) is -0.153. The zero-order chi connectivity index (χ0) is 13.6. The van der Waals surface area contributed by atoms with Crippen molar-refractivity contribution in [3.05, 3.63) is 29.8 Å². The van der Waals surface area contributed by atoms with Gasteiger partial charge in [-0.1, -0.05) is 39.0 Å². The summed E-state index contributed by atoms with van der Waals surface area (Å²) in [7, 11) is 0. The Morgan fingerprint density at radius 2 is 2.00 bits per heavy atom. The smallest absolute Gasteiger partial charge is 0.250 e. The van der Waals surface area contributed by atoms with Crippen molar-refractivity contribution >= 4 is 11.6 Å². The average Bonchev–Trinajstić information content (AvgIpc) is 2.28. The highest BCUT2D eigenvalue weighted by atomic mass is 16.5. The van der Waals surface area contributed by atoms with Crippen LogP contribution in [-0.2, 0) is 14.9 Å². The fourth-order valence-corrected chi connectivity index (χ4v) is 1.68. The van der Waals surface area contributed by atoms with Gasteiger partial charge in [-0.3, -0.25) is 4.79 Å². The van der Waals surface area contributed by atoms with Gasteiger partial charge in [0.25, 0.3) is 0 Å². The molecule has 0 aliphatic heterocycles. The van der Waals surface area contributed by atoms with E-state index in [9.17, 15) is 4.79 Å². The van der Waals surface area contributed by atoms with Crippen LogP contribution in [0, 0.1) is 0 Å². The summed E-state index contributed by atoms with van der Waals surface area (Å²) in [6, 6.07) is 7.81. The van der Waals surface area contributed by atoms with Crippen molar-refractivity contribution in [2.24, 2.45) is 5.73 Å². The normalized spacial score (nSPS) is 11.3. The summed E-state index contributed by atoms with van der Waals surface area (Å²) in [5.41, 5.74) is 7.23. The van der Waals surface area contributed by atoms with Gasteiger partial charge < -0.3 is 15.8 Å². The van der Waals surface area contributed by atoms with E-state index in [0.29, 0.717) is 13.2 Å². The fraction of sp³-hybridized carbons (Fsp3) is 0.500. The molecule has 100 valence electrons. The lowest BCUT2D eigenvalue weighted by Gasteiger charge is -2.22. The van der Waals surface area contributed by atoms with Crippen LogP contribution in [0.1, 0.15) is 26.3 Å². The quantitative estimate of drug-likeness (QED) is 0.784. The van der Waals surface area contributed by atoms with Gasteiger partial charge in [0, 0.05) is 12.2 Å². The first-order valence-corrected chi connectivity index (χ1v) is 6.12. The average molecular weight is 250 g/mol. The van der Waals surface area contributed by atoms with Gasteiger partial charge >= 0.3 is 0 Å². The molecule has 1 aromatic carbocycles. The number of ether oxygens (including phenoxy) is 1. The van der Waals surface area contributed by atoms with E-state index in [0.717, 1.165) is 11.3 Å². The number of rotatable bonds is 5. The van der Waals surface area contributed by atoms with E-state index in [1.54, 1.807) is 0 Å². The molecule has 4 heteroatoms. The molecule has 0 saturated carbocycles. The second kappa shape index (κ2) is 6.52. The minimum absolute atomic E-state index is 0.0119. The van der Waals surface area contributed by atoms with Crippen molar-refractivity contribution in [1.29, 1.82) is 0 Å². The van der Waals surface area contributed by atoms with Crippen LogP contribution in [0.15, 0.2) is 24.3 Å². The Morgan fingerprint density at radius 3 is 2.61 bits per heavy atom. The van der Waals surface area contributed by atoms with E-state index in [-0.39, 0.29) is 17.9 Å². The van der Waals surface area contributed by atoms with Gasteiger partial charge in [0.2, 0.25) is 5.91 Å². The standard InChI is InChI=1S/C14H22N2O2/c1-14(2,3)11-6-4-5-7-12(11)16-13(17)10-18-9-8-15/h4-7H,8-10,15H2,1-3H3,(H,16,17). The first kappa shape index (κ1) is 14.7. The lowest BCUT2D eigenvalue weighted by Crippen LogP contribution is -2.23. The highest BCUT2D eigenvalue weighted by Gasteiger charge is 2.18. The largest absolute Gasteiger partial charge is 0.370 e. The predicted molar refractivity (Wildman–Crippen MR) is 73.6 cm³/mol. The Kier molecular flexibility index (Phi) is 5.31. The summed E-state index contributed by atoms with van der Waals surface area (Å²) < 4.78 is 5.11. The number of nitrogens with one attached hydrogen (secondary N) is 1. The Morgan fingerprint density at radius 1 is 1.33 bits per heavy atom. The van der Waals surface area contributed by atoms with Crippen LogP contribution in [0.5, 0.6) is 0 Å². The Hall–Kier alpha value is -1.39. The van der Waals surface area contributed by atoms with Gasteiger partial charge in [0.15, 0.2) is 0 Å². The third-order valence-corrected chi connectivity index (χ3v) is 2.50. The molecule has 0 radical (unpaired) electrons. The molecule has 0 spiro atoms. The van der Waals surface area contributed by atoms with Crippen molar-refractivity contribution in [3.63, 3.8) is 0 Å². The lowest BCUT2D eigenvalue weighted by molar-refractivity contribution is -0.120. The van der Waals surface area contributed by atoms with Gasteiger partial charge in [-0.05, 0) is 17.0 Å². The second-order valence-electron chi connectivity index (χ2n) is 5.19. The molecule has 18 heavy (non-hydrogen) atoms. The minimum Gasteiger partial charge on any atom is -0.370 e. The molecular formula is C14H22N2O2. The van der Waals surface area contributed by atoms with E-state index in [2.05, 4.69) is 26.1 Å². The third-order valence-electron chi connectivity index (χ3n) is 2.50. The summed E-state index contributed by atoms with van der Waals surface area (Å²) in [6.07, 6.45) is 0. The van der Waals surface area contributed by atoms with Gasteiger partial charge in [0.05, 0.1) is 6.61 Å². The molecule has 0 unspecified atom stereocenters. The number of anilines is 1. The van der Waals surface area contributed by atoms with Gasteiger partial charge in [0.1, 0.15) is 6.61 Å². The predicted octanol–water partition coefficient (Wildman–Crippen LogP) is 1.90. The number of benzene rings is 1. The van der Waals surface area contributed by atoms with Gasteiger partial charge in [-0.25, -0.2) is 0 Å². The zero-order valence-electron chi connectivity index (χ0n) is 11.3. The first-order valence-electron chi connectivity index (χ1n) is 6.12. The minimum atomic E-state index is -0.153. The molecule has 0 heterocycles. The number of carbonyl (C=O) groups excluding carboxylic acids is 1. The van der Waals surface area contributed by atoms with Crippen molar-refractivity contribution in [3.8, 4) is 0 Å². The van der Waals surface area contributed by atoms with Gasteiger partial charge in [-0.15, -0.1) is 0 Å². The molecular weight excluding hydrogens is 228 g/mol. The summed E-state index contributed by atoms with van der Waals surface area (Å²) in [4.78, 5) is 11.7. The molecule has 0 aliphatic carbocycles. The van der Waals surface area contributed by atoms with Crippen molar-refractivity contribution < 1.29 is 9.53 Å². The molecule has 0 bridgehead atoms. The second-order valence-corrected chi connectivity index (χ2v) is 5.19. The molecule has 3 N–H and O–H groups in total. The summed E-state index contributed by atoms with van der Waals surface area (Å²) >= 11 is 0. The lowest BCUT2D eigenvalue weighted by atomic mass is 9.86. The van der Waals surface area contributed by atoms with E-state index >= 15 is 0 Å². The van der Waals surface area contributed by atoms with Crippen LogP contribution < -0.4 is 11.1 Å². The molecule has 1 rings (SSSR count). The molecule has 0 fully saturated rings. The number of amides is 1. The van der Waals surface area contributed by atoms with Crippen LogP contribution in [0.3, 0.4) is 0 Å². The summed E-state index contributed by atoms with van der Waals surface area (Å²) in [5, 5.41) is 2.87. The maximum absolute atomic E-state index is 11.7. The van der Waals surface area contributed by atoms with Crippen LogP contribution in [0.2, 0.25) is 0 Å². The maximum atomic E-state index is 11.7. The van der Waals surface area contributed by atoms with Crippen LogP contribution in [0.4, 0.5) is 5.69 Å². The summed E-state index contributed by atoms with van der Waals surface area (Å²) in [6.45, 7) is 7.20. The monoisotopic (exact) mass is 250 g/mol. The van der Waals surface area contributed by atoms with Crippen LogP contribution in [0.25, 0.3) is 0 Å². The van der Waals surface area contributed by atoms with Crippen LogP contribution in [-0.4, -0.2) is 25.7 Å². The number of para-hydroxylation sites is 1. The SMILES string of the molecule is CC(C)(C)c1ccccc1NC(=O)COCCN. The topological polar surface area (TPSA) is 64.3 Å². The molecule has 4 nitrogen and oxygen atoms in total. The van der Waals surface area contributed by atoms with Crippen LogP contribution >= 0.6 is 0 Å². The maximum Gasteiger partial charge on any atom is 0.250 e. The Bertz CT molecular complexity index is 397. The third kappa shape index (κ3) is 4.47. The number of carbonyl (C=O) groups is 1. The Balaban J connectivity index is 2.70. The zero-order valence-corrected chi connectivity index (χ0v) is 11.3. The number of hydrogen-bond acceptors (Lipinski definition) is 3. The van der Waals surface area contributed by atoms with E-state index in [1.807, 2.05) is 24.3 Å². The van der Waals surface area contributed by atoms with Crippen molar-refractivity contribution in [2.75, 3.05) is 25.1 Å². The van der Waals surface area contributed by atoms with E-state index < -0.39 is 0 Å².